The van der Waals surface area contributed by atoms with Crippen molar-refractivity contribution in [3.63, 3.8) is 0 Å². The molecule has 2 aromatic heterocycles. The van der Waals surface area contributed by atoms with Crippen molar-refractivity contribution in [1.29, 1.82) is 0 Å². The average molecular weight is 322 g/mol. The summed E-state index contributed by atoms with van der Waals surface area (Å²) < 4.78 is 25.1. The van der Waals surface area contributed by atoms with Gasteiger partial charge in [0.05, 0.1) is 11.5 Å². The molecule has 1 N–H and O–H groups in total. The van der Waals surface area contributed by atoms with Crippen LogP contribution in [0.1, 0.15) is 18.7 Å². The van der Waals surface area contributed by atoms with Crippen molar-refractivity contribution in [1.82, 2.24) is 24.7 Å². The fourth-order valence-corrected chi connectivity index (χ4v) is 4.15. The van der Waals surface area contributed by atoms with Crippen molar-refractivity contribution < 1.29 is 8.42 Å². The standard InChI is InChI=1S/C13H18N6O2S/c20-22(21)7-5-18(6-8-22)13-15-12(16-17-13)10-9-19-4-2-1-3-11(19)14-10/h9H,1-8H2,(H,15,16,17). The molecule has 22 heavy (non-hydrogen) atoms. The Morgan fingerprint density at radius 2 is 1.91 bits per heavy atom. The summed E-state index contributed by atoms with van der Waals surface area (Å²) in [5.41, 5.74) is 0.806. The highest BCUT2D eigenvalue weighted by molar-refractivity contribution is 7.91. The Morgan fingerprint density at radius 1 is 1.09 bits per heavy atom. The third-order valence-electron chi connectivity index (χ3n) is 4.25. The van der Waals surface area contributed by atoms with Gasteiger partial charge in [-0.05, 0) is 12.8 Å². The van der Waals surface area contributed by atoms with Crippen molar-refractivity contribution in [3.8, 4) is 11.5 Å². The smallest absolute Gasteiger partial charge is 0.245 e. The van der Waals surface area contributed by atoms with Crippen LogP contribution in [0, 0.1) is 0 Å². The molecule has 4 heterocycles. The van der Waals surface area contributed by atoms with Crippen LogP contribution >= 0.6 is 0 Å². The zero-order valence-electron chi connectivity index (χ0n) is 12.2. The first-order chi connectivity index (χ1) is 10.6. The van der Waals surface area contributed by atoms with Crippen LogP contribution in [0.5, 0.6) is 0 Å². The molecule has 0 spiro atoms. The Balaban J connectivity index is 1.55. The van der Waals surface area contributed by atoms with Gasteiger partial charge in [0.25, 0.3) is 0 Å². The van der Waals surface area contributed by atoms with Crippen LogP contribution in [0.2, 0.25) is 0 Å². The monoisotopic (exact) mass is 322 g/mol. The third kappa shape index (κ3) is 2.49. The van der Waals surface area contributed by atoms with Gasteiger partial charge in [-0.2, -0.15) is 4.98 Å². The van der Waals surface area contributed by atoms with Crippen LogP contribution in [0.3, 0.4) is 0 Å². The molecule has 0 bridgehead atoms. The summed E-state index contributed by atoms with van der Waals surface area (Å²) in [5, 5.41) is 7.14. The van der Waals surface area contributed by atoms with Crippen molar-refractivity contribution >= 4 is 15.8 Å². The van der Waals surface area contributed by atoms with Crippen molar-refractivity contribution in [2.45, 2.75) is 25.8 Å². The van der Waals surface area contributed by atoms with Gasteiger partial charge >= 0.3 is 0 Å². The summed E-state index contributed by atoms with van der Waals surface area (Å²) >= 11 is 0. The fraction of sp³-hybridized carbons (Fsp3) is 0.615. The SMILES string of the molecule is O=S1(=O)CCN(c2n[nH]c(-c3cn4c(n3)CCCC4)n2)CC1. The molecule has 9 heteroatoms. The molecule has 118 valence electrons. The predicted molar refractivity (Wildman–Crippen MR) is 81.4 cm³/mol. The molecule has 0 saturated carbocycles. The maximum absolute atomic E-state index is 11.5. The summed E-state index contributed by atoms with van der Waals surface area (Å²) in [7, 11) is -2.89. The number of aromatic nitrogens is 5. The largest absolute Gasteiger partial charge is 0.337 e. The Morgan fingerprint density at radius 3 is 2.68 bits per heavy atom. The number of fused-ring (bicyclic) bond motifs is 1. The van der Waals surface area contributed by atoms with E-state index in [2.05, 4.69) is 24.7 Å². The quantitative estimate of drug-likeness (QED) is 0.851. The maximum atomic E-state index is 11.5. The Hall–Kier alpha value is -1.90. The van der Waals surface area contributed by atoms with E-state index in [1.54, 1.807) is 0 Å². The fourth-order valence-electron chi connectivity index (χ4n) is 2.95. The van der Waals surface area contributed by atoms with E-state index in [0.29, 0.717) is 24.9 Å². The van der Waals surface area contributed by atoms with Gasteiger partial charge in [0.15, 0.2) is 15.7 Å². The Kier molecular flexibility index (Phi) is 3.17. The number of imidazole rings is 1. The molecule has 0 aliphatic carbocycles. The van der Waals surface area contributed by atoms with E-state index in [1.807, 2.05) is 11.1 Å². The number of hydrogen-bond acceptors (Lipinski definition) is 6. The first-order valence-corrected chi connectivity index (χ1v) is 9.37. The first kappa shape index (κ1) is 13.7. The maximum Gasteiger partial charge on any atom is 0.245 e. The first-order valence-electron chi connectivity index (χ1n) is 7.55. The molecule has 2 aliphatic rings. The van der Waals surface area contributed by atoms with Crippen molar-refractivity contribution in [3.05, 3.63) is 12.0 Å². The second-order valence-corrected chi connectivity index (χ2v) is 8.12. The predicted octanol–water partition coefficient (Wildman–Crippen LogP) is 0.239. The lowest BCUT2D eigenvalue weighted by molar-refractivity contribution is 0.522. The number of anilines is 1. The third-order valence-corrected chi connectivity index (χ3v) is 5.86. The summed E-state index contributed by atoms with van der Waals surface area (Å²) in [5.74, 6) is 2.62. The lowest BCUT2D eigenvalue weighted by Gasteiger charge is -2.25. The number of rotatable bonds is 2. The van der Waals surface area contributed by atoms with Gasteiger partial charge in [-0.3, -0.25) is 5.10 Å². The highest BCUT2D eigenvalue weighted by atomic mass is 32.2. The number of aryl methyl sites for hydroxylation is 2. The second kappa shape index (κ2) is 5.08. The zero-order valence-corrected chi connectivity index (χ0v) is 13.0. The van der Waals surface area contributed by atoms with E-state index < -0.39 is 9.84 Å². The van der Waals surface area contributed by atoms with Gasteiger partial charge in [-0.25, -0.2) is 13.4 Å². The zero-order chi connectivity index (χ0) is 15.2. The summed E-state index contributed by atoms with van der Waals surface area (Å²) in [6.45, 7) is 1.89. The molecular formula is C13H18N6O2S. The molecule has 0 unspecified atom stereocenters. The summed E-state index contributed by atoms with van der Waals surface area (Å²) in [6.07, 6.45) is 5.39. The molecule has 8 nitrogen and oxygen atoms in total. The van der Waals surface area contributed by atoms with Crippen molar-refractivity contribution in [2.24, 2.45) is 0 Å². The molecular weight excluding hydrogens is 304 g/mol. The number of sulfone groups is 1. The van der Waals surface area contributed by atoms with Gasteiger partial charge in [0.2, 0.25) is 5.95 Å². The molecule has 1 fully saturated rings. The lowest BCUT2D eigenvalue weighted by Crippen LogP contribution is -2.40. The number of nitrogens with zero attached hydrogens (tertiary/aromatic N) is 5. The number of aromatic amines is 1. The van der Waals surface area contributed by atoms with Gasteiger partial charge in [-0.1, -0.05) is 0 Å². The minimum atomic E-state index is -2.89. The Labute approximate surface area is 128 Å². The minimum absolute atomic E-state index is 0.162. The topological polar surface area (TPSA) is 96.8 Å². The van der Waals surface area contributed by atoms with E-state index in [0.717, 1.165) is 24.5 Å². The number of nitrogens with one attached hydrogen (secondary N) is 1. The average Bonchev–Trinajstić information content (AvgIpc) is 3.13. The van der Waals surface area contributed by atoms with Gasteiger partial charge in [0, 0.05) is 32.3 Å². The van der Waals surface area contributed by atoms with E-state index in [1.165, 1.54) is 12.8 Å². The Bertz CT molecular complexity index is 756. The molecule has 4 rings (SSSR count). The second-order valence-electron chi connectivity index (χ2n) is 5.82. The minimum Gasteiger partial charge on any atom is -0.337 e. The van der Waals surface area contributed by atoms with Crippen LogP contribution in [-0.4, -0.2) is 57.7 Å². The van der Waals surface area contributed by atoms with E-state index >= 15 is 0 Å². The van der Waals surface area contributed by atoms with E-state index in [4.69, 9.17) is 0 Å². The van der Waals surface area contributed by atoms with Crippen molar-refractivity contribution in [2.75, 3.05) is 29.5 Å². The van der Waals surface area contributed by atoms with E-state index in [9.17, 15) is 8.42 Å². The van der Waals surface area contributed by atoms with Crippen LogP contribution in [0.4, 0.5) is 5.95 Å². The molecule has 0 amide bonds. The summed E-state index contributed by atoms with van der Waals surface area (Å²) in [6, 6.07) is 0. The molecule has 1 saturated heterocycles. The van der Waals surface area contributed by atoms with Crippen LogP contribution in [0.15, 0.2) is 6.20 Å². The number of hydrogen-bond donors (Lipinski definition) is 1. The van der Waals surface area contributed by atoms with Crippen LogP contribution in [0.25, 0.3) is 11.5 Å². The van der Waals surface area contributed by atoms with Gasteiger partial charge < -0.3 is 9.47 Å². The highest BCUT2D eigenvalue weighted by Gasteiger charge is 2.24. The summed E-state index contributed by atoms with van der Waals surface area (Å²) in [4.78, 5) is 11.0. The highest BCUT2D eigenvalue weighted by Crippen LogP contribution is 2.22. The molecule has 0 aromatic carbocycles. The molecule has 2 aromatic rings. The lowest BCUT2D eigenvalue weighted by atomic mass is 10.2. The normalized spacial score (nSPS) is 20.8. The molecule has 0 radical (unpaired) electrons. The molecule has 2 aliphatic heterocycles. The number of H-pyrrole nitrogens is 1. The van der Waals surface area contributed by atoms with E-state index in [-0.39, 0.29) is 11.5 Å². The van der Waals surface area contributed by atoms with Gasteiger partial charge in [0.1, 0.15) is 11.5 Å². The van der Waals surface area contributed by atoms with Crippen LogP contribution in [-0.2, 0) is 22.8 Å². The van der Waals surface area contributed by atoms with Gasteiger partial charge in [-0.15, -0.1) is 5.10 Å². The molecule has 0 atom stereocenters. The van der Waals surface area contributed by atoms with Crippen LogP contribution < -0.4 is 4.90 Å².